The zero-order valence-corrected chi connectivity index (χ0v) is 13.8. The summed E-state index contributed by atoms with van der Waals surface area (Å²) in [5.41, 5.74) is 3.87. The largest absolute Gasteiger partial charge is 0.306 e. The molecule has 0 spiro atoms. The lowest BCUT2D eigenvalue weighted by atomic mass is 9.94. The van der Waals surface area contributed by atoms with Gasteiger partial charge in [-0.25, -0.2) is 0 Å². The van der Waals surface area contributed by atoms with Crippen LogP contribution in [0, 0.1) is 6.92 Å². The fraction of sp³-hybridized carbons (Fsp3) is 0.222. The van der Waals surface area contributed by atoms with Crippen molar-refractivity contribution in [3.05, 3.63) is 69.6 Å². The average molecular weight is 316 g/mol. The second-order valence-electron chi connectivity index (χ2n) is 5.18. The number of nitrogens with one attached hydrogen (secondary N) is 1. The van der Waals surface area contributed by atoms with Crippen molar-refractivity contribution in [3.8, 4) is 0 Å². The van der Waals surface area contributed by atoms with Crippen LogP contribution in [0.25, 0.3) is 10.1 Å². The molecule has 108 valence electrons. The number of aryl methyl sites for hydroxylation is 1. The first kappa shape index (κ1) is 14.6. The van der Waals surface area contributed by atoms with E-state index >= 15 is 0 Å². The van der Waals surface area contributed by atoms with Crippen LogP contribution >= 0.6 is 22.9 Å². The van der Waals surface area contributed by atoms with Gasteiger partial charge in [-0.2, -0.15) is 0 Å². The topological polar surface area (TPSA) is 12.0 Å². The van der Waals surface area contributed by atoms with Crippen molar-refractivity contribution in [2.75, 3.05) is 6.54 Å². The number of halogens is 1. The maximum atomic E-state index is 6.10. The lowest BCUT2D eigenvalue weighted by Gasteiger charge is -2.20. The van der Waals surface area contributed by atoms with Crippen LogP contribution < -0.4 is 5.32 Å². The quantitative estimate of drug-likeness (QED) is 0.664. The number of rotatable bonds is 4. The summed E-state index contributed by atoms with van der Waals surface area (Å²) in [6, 6.07) is 15.0. The molecule has 0 aliphatic carbocycles. The van der Waals surface area contributed by atoms with Gasteiger partial charge in [-0.05, 0) is 59.1 Å². The maximum absolute atomic E-state index is 6.10. The average Bonchev–Trinajstić information content (AvgIpc) is 2.89. The Bertz CT molecular complexity index is 763. The first-order valence-electron chi connectivity index (χ1n) is 7.16. The van der Waals surface area contributed by atoms with Crippen molar-refractivity contribution in [2.24, 2.45) is 0 Å². The molecule has 0 saturated heterocycles. The maximum Gasteiger partial charge on any atom is 0.0593 e. The third-order valence-corrected chi connectivity index (χ3v) is 4.99. The van der Waals surface area contributed by atoms with Gasteiger partial charge in [0.15, 0.2) is 0 Å². The van der Waals surface area contributed by atoms with Crippen LogP contribution in [0.4, 0.5) is 0 Å². The third kappa shape index (κ3) is 2.84. The van der Waals surface area contributed by atoms with Gasteiger partial charge in [0.2, 0.25) is 0 Å². The molecular formula is C18H18ClNS. The van der Waals surface area contributed by atoms with E-state index < -0.39 is 0 Å². The van der Waals surface area contributed by atoms with Crippen molar-refractivity contribution in [1.29, 1.82) is 0 Å². The molecule has 1 aromatic heterocycles. The highest BCUT2D eigenvalue weighted by Crippen LogP contribution is 2.35. The molecule has 0 amide bonds. The van der Waals surface area contributed by atoms with Crippen LogP contribution in [0.15, 0.2) is 47.8 Å². The molecule has 0 saturated carbocycles. The molecular weight excluding hydrogens is 298 g/mol. The standard InChI is InChI=1S/C18H18ClNS/c1-3-20-18(14-9-8-13(19)10-12(14)2)16-11-21-17-7-5-4-6-15(16)17/h4-11,18,20H,3H2,1-2H3. The van der Waals surface area contributed by atoms with E-state index in [1.54, 1.807) is 11.3 Å². The second kappa shape index (κ2) is 6.18. The van der Waals surface area contributed by atoms with Gasteiger partial charge >= 0.3 is 0 Å². The SMILES string of the molecule is CCNC(c1ccc(Cl)cc1C)c1csc2ccccc12. The summed E-state index contributed by atoms with van der Waals surface area (Å²) in [4.78, 5) is 0. The number of fused-ring (bicyclic) bond motifs is 1. The van der Waals surface area contributed by atoms with E-state index in [-0.39, 0.29) is 6.04 Å². The van der Waals surface area contributed by atoms with Crippen LogP contribution in [0.2, 0.25) is 5.02 Å². The molecule has 0 fully saturated rings. The Morgan fingerprint density at radius 2 is 1.95 bits per heavy atom. The Morgan fingerprint density at radius 1 is 1.14 bits per heavy atom. The number of benzene rings is 2. The minimum absolute atomic E-state index is 0.211. The molecule has 1 unspecified atom stereocenters. The van der Waals surface area contributed by atoms with Crippen molar-refractivity contribution >= 4 is 33.0 Å². The van der Waals surface area contributed by atoms with Gasteiger partial charge in [0.05, 0.1) is 6.04 Å². The summed E-state index contributed by atoms with van der Waals surface area (Å²) in [5, 5.41) is 8.02. The van der Waals surface area contributed by atoms with Crippen LogP contribution in [0.3, 0.4) is 0 Å². The normalized spacial score (nSPS) is 12.7. The van der Waals surface area contributed by atoms with E-state index in [9.17, 15) is 0 Å². The van der Waals surface area contributed by atoms with Crippen molar-refractivity contribution in [3.63, 3.8) is 0 Å². The van der Waals surface area contributed by atoms with Gasteiger partial charge < -0.3 is 5.32 Å². The van der Waals surface area contributed by atoms with Crippen LogP contribution in [0.5, 0.6) is 0 Å². The van der Waals surface area contributed by atoms with Gasteiger partial charge in [0.1, 0.15) is 0 Å². The summed E-state index contributed by atoms with van der Waals surface area (Å²) >= 11 is 7.91. The smallest absolute Gasteiger partial charge is 0.0593 e. The van der Waals surface area contributed by atoms with Crippen LogP contribution in [0.1, 0.15) is 29.7 Å². The molecule has 0 aliphatic heterocycles. The van der Waals surface area contributed by atoms with Crippen molar-refractivity contribution < 1.29 is 0 Å². The zero-order valence-electron chi connectivity index (χ0n) is 12.2. The highest BCUT2D eigenvalue weighted by molar-refractivity contribution is 7.17. The molecule has 0 aliphatic rings. The molecule has 3 aromatic rings. The number of hydrogen-bond donors (Lipinski definition) is 1. The summed E-state index contributed by atoms with van der Waals surface area (Å²) in [6.45, 7) is 5.20. The Labute approximate surface area is 134 Å². The molecule has 3 rings (SSSR count). The molecule has 1 N–H and O–H groups in total. The highest BCUT2D eigenvalue weighted by atomic mass is 35.5. The molecule has 0 bridgehead atoms. The van der Waals surface area contributed by atoms with Gasteiger partial charge in [0.25, 0.3) is 0 Å². The van der Waals surface area contributed by atoms with E-state index in [1.807, 2.05) is 12.1 Å². The highest BCUT2D eigenvalue weighted by Gasteiger charge is 2.18. The molecule has 3 heteroatoms. The van der Waals surface area contributed by atoms with Crippen molar-refractivity contribution in [1.82, 2.24) is 5.32 Å². The van der Waals surface area contributed by atoms with E-state index in [1.165, 1.54) is 26.8 Å². The predicted molar refractivity (Wildman–Crippen MR) is 93.5 cm³/mol. The molecule has 2 aromatic carbocycles. The summed E-state index contributed by atoms with van der Waals surface area (Å²) in [7, 11) is 0. The minimum Gasteiger partial charge on any atom is -0.306 e. The Hall–Kier alpha value is -1.35. The Balaban J connectivity index is 2.13. The van der Waals surface area contributed by atoms with E-state index in [4.69, 9.17) is 11.6 Å². The van der Waals surface area contributed by atoms with E-state index in [2.05, 4.69) is 54.9 Å². The van der Waals surface area contributed by atoms with Gasteiger partial charge in [-0.3, -0.25) is 0 Å². The van der Waals surface area contributed by atoms with Gasteiger partial charge in [0, 0.05) is 9.72 Å². The Kier molecular flexibility index (Phi) is 4.29. The minimum atomic E-state index is 0.211. The number of hydrogen-bond acceptors (Lipinski definition) is 2. The molecule has 1 nitrogen and oxygen atoms in total. The summed E-state index contributed by atoms with van der Waals surface area (Å²) in [5.74, 6) is 0. The van der Waals surface area contributed by atoms with E-state index in [0.717, 1.165) is 11.6 Å². The fourth-order valence-corrected chi connectivity index (χ4v) is 3.99. The van der Waals surface area contributed by atoms with Gasteiger partial charge in [-0.1, -0.05) is 42.8 Å². The predicted octanol–water partition coefficient (Wildman–Crippen LogP) is 5.56. The van der Waals surface area contributed by atoms with Crippen LogP contribution in [-0.4, -0.2) is 6.54 Å². The molecule has 0 radical (unpaired) electrons. The third-order valence-electron chi connectivity index (χ3n) is 3.77. The lowest BCUT2D eigenvalue weighted by Crippen LogP contribution is -2.22. The second-order valence-corrected chi connectivity index (χ2v) is 6.53. The first-order chi connectivity index (χ1) is 10.2. The molecule has 1 heterocycles. The lowest BCUT2D eigenvalue weighted by molar-refractivity contribution is 0.633. The fourth-order valence-electron chi connectivity index (χ4n) is 2.78. The molecule has 1 atom stereocenters. The van der Waals surface area contributed by atoms with E-state index in [0.29, 0.717) is 0 Å². The summed E-state index contributed by atoms with van der Waals surface area (Å²) < 4.78 is 1.34. The van der Waals surface area contributed by atoms with Gasteiger partial charge in [-0.15, -0.1) is 11.3 Å². The van der Waals surface area contributed by atoms with Crippen molar-refractivity contribution in [2.45, 2.75) is 19.9 Å². The monoisotopic (exact) mass is 315 g/mol. The Morgan fingerprint density at radius 3 is 2.71 bits per heavy atom. The first-order valence-corrected chi connectivity index (χ1v) is 8.42. The molecule has 21 heavy (non-hydrogen) atoms. The van der Waals surface area contributed by atoms with Crippen LogP contribution in [-0.2, 0) is 0 Å². The summed E-state index contributed by atoms with van der Waals surface area (Å²) in [6.07, 6.45) is 0. The zero-order chi connectivity index (χ0) is 14.8. The number of thiophene rings is 1.